The molecule has 0 saturated carbocycles. The van der Waals surface area contributed by atoms with Crippen molar-refractivity contribution in [2.75, 3.05) is 80.3 Å². The predicted octanol–water partition coefficient (Wildman–Crippen LogP) is 2.14. The van der Waals surface area contributed by atoms with E-state index in [1.165, 1.54) is 6.08 Å². The molecule has 6 rings (SSSR count). The molecule has 11 heteroatoms. The quantitative estimate of drug-likeness (QED) is 0.328. The summed E-state index contributed by atoms with van der Waals surface area (Å²) in [7, 11) is -1.94. The van der Waals surface area contributed by atoms with Gasteiger partial charge in [0.1, 0.15) is 18.2 Å². The molecule has 2 saturated heterocycles. The fourth-order valence-electron chi connectivity index (χ4n) is 6.02. The van der Waals surface area contributed by atoms with Crippen LogP contribution in [0.25, 0.3) is 10.8 Å². The number of piperazine rings is 1. The summed E-state index contributed by atoms with van der Waals surface area (Å²) < 4.78 is 18.4. The molecule has 2 aromatic carbocycles. The van der Waals surface area contributed by atoms with E-state index in [2.05, 4.69) is 33.2 Å². The minimum atomic E-state index is -1.94. The van der Waals surface area contributed by atoms with Gasteiger partial charge in [0.25, 0.3) is 0 Å². The number of amides is 1. The Hall–Kier alpha value is -3.83. The number of hydrogen-bond acceptors (Lipinski definition) is 9. The van der Waals surface area contributed by atoms with Gasteiger partial charge in [-0.1, -0.05) is 30.8 Å². The van der Waals surface area contributed by atoms with Crippen LogP contribution in [0.1, 0.15) is 11.3 Å². The van der Waals surface area contributed by atoms with Gasteiger partial charge in [0.15, 0.2) is 0 Å². The van der Waals surface area contributed by atoms with Crippen LogP contribution < -0.4 is 14.5 Å². The third kappa shape index (κ3) is 6.03. The van der Waals surface area contributed by atoms with Crippen molar-refractivity contribution in [3.63, 3.8) is 0 Å². The van der Waals surface area contributed by atoms with Gasteiger partial charge in [0, 0.05) is 86.6 Å². The van der Waals surface area contributed by atoms with Crippen LogP contribution in [0.15, 0.2) is 49.1 Å². The molecule has 0 unspecified atom stereocenters. The van der Waals surface area contributed by atoms with Crippen LogP contribution in [0.2, 0.25) is 0 Å². The fourth-order valence-corrected chi connectivity index (χ4v) is 7.41. The van der Waals surface area contributed by atoms with Gasteiger partial charge < -0.3 is 24.5 Å². The van der Waals surface area contributed by atoms with Crippen LogP contribution in [-0.2, 0) is 27.3 Å². The summed E-state index contributed by atoms with van der Waals surface area (Å²) in [6, 6.07) is 12.0. The van der Waals surface area contributed by atoms with Crippen LogP contribution in [0.4, 0.5) is 11.5 Å². The summed E-state index contributed by atoms with van der Waals surface area (Å²) in [5.74, 6) is 6.15. The van der Waals surface area contributed by atoms with Crippen LogP contribution in [0, 0.1) is 0 Å². The molecule has 10 nitrogen and oxygen atoms in total. The molecule has 1 amide bonds. The third-order valence-corrected chi connectivity index (χ3v) is 10.3. The number of aromatic nitrogens is 2. The number of anilines is 2. The van der Waals surface area contributed by atoms with Crippen molar-refractivity contribution in [2.45, 2.75) is 13.0 Å². The molecule has 3 aromatic rings. The van der Waals surface area contributed by atoms with E-state index in [1.807, 2.05) is 29.2 Å². The predicted molar refractivity (Wildman–Crippen MR) is 168 cm³/mol. The highest BCUT2D eigenvalue weighted by molar-refractivity contribution is 8.00. The summed E-state index contributed by atoms with van der Waals surface area (Å²) in [5.41, 5.74) is 2.99. The first-order valence-corrected chi connectivity index (χ1v) is 16.6. The number of fused-ring (bicyclic) bond motifs is 2. The number of nitrogens with zero attached hydrogens (tertiary/aromatic N) is 6. The zero-order chi connectivity index (χ0) is 29.3. The summed E-state index contributed by atoms with van der Waals surface area (Å²) in [5, 5.41) is 12.5. The van der Waals surface area contributed by atoms with Crippen LogP contribution in [-0.4, -0.2) is 111 Å². The molecule has 42 heavy (non-hydrogen) atoms. The Morgan fingerprint density at radius 1 is 1.02 bits per heavy atom. The molecule has 0 bridgehead atoms. The number of carbonyl (C=O) groups excluding carboxylic acids is 1. The Balaban J connectivity index is 1.25. The van der Waals surface area contributed by atoms with Gasteiger partial charge in [0.2, 0.25) is 5.91 Å². The normalized spacial score (nSPS) is 19.0. The number of benzene rings is 2. The Labute approximate surface area is 247 Å². The molecular weight excluding hydrogens is 552 g/mol. The molecular formula is C31H38N6O4S. The number of phenolic OH excluding ortho intramolecular Hbond substituents is 1. The first kappa shape index (κ1) is 28.3. The van der Waals surface area contributed by atoms with Crippen molar-refractivity contribution in [1.29, 1.82) is 0 Å². The Kier molecular flexibility index (Phi) is 7.96. The molecule has 0 aliphatic carbocycles. The molecule has 3 aliphatic heterocycles. The van der Waals surface area contributed by atoms with Crippen molar-refractivity contribution in [1.82, 2.24) is 19.8 Å². The minimum Gasteiger partial charge on any atom is -0.508 e. The van der Waals surface area contributed by atoms with E-state index in [9.17, 15) is 14.1 Å². The lowest BCUT2D eigenvalue weighted by Gasteiger charge is -2.38. The van der Waals surface area contributed by atoms with Gasteiger partial charge in [-0.3, -0.25) is 13.9 Å². The van der Waals surface area contributed by atoms with Crippen molar-refractivity contribution >= 4 is 43.6 Å². The maximum absolute atomic E-state index is 12.2. The first-order chi connectivity index (χ1) is 20.3. The van der Waals surface area contributed by atoms with E-state index in [0.717, 1.165) is 59.6 Å². The summed E-state index contributed by atoms with van der Waals surface area (Å²) >= 11 is 0. The summed E-state index contributed by atoms with van der Waals surface area (Å²) in [6.07, 6.45) is 2.12. The van der Waals surface area contributed by atoms with E-state index >= 15 is 0 Å². The first-order valence-electron chi connectivity index (χ1n) is 14.5. The second kappa shape index (κ2) is 11.8. The highest BCUT2D eigenvalue weighted by Crippen LogP contribution is 2.36. The molecule has 4 heterocycles. The number of aromatic hydroxyl groups is 1. The minimum absolute atomic E-state index is 0.0511. The van der Waals surface area contributed by atoms with Gasteiger partial charge in [-0.05, 0) is 39.3 Å². The Morgan fingerprint density at radius 2 is 1.79 bits per heavy atom. The maximum atomic E-state index is 12.2. The largest absolute Gasteiger partial charge is 0.508 e. The molecule has 222 valence electrons. The molecule has 0 radical (unpaired) electrons. The zero-order valence-electron chi connectivity index (χ0n) is 23.9. The Morgan fingerprint density at radius 3 is 2.55 bits per heavy atom. The number of phenols is 1. The lowest BCUT2D eigenvalue weighted by atomic mass is 10.0. The lowest BCUT2D eigenvalue weighted by Crippen LogP contribution is -2.49. The SMILES string of the molecule is C=CC(=O)N1CCN(c2nc(OCCN3CCS(=C)(=O)CC3)nc3c2CCN(c2cc(O)cc4ccccc24)C3)CC1. The highest BCUT2D eigenvalue weighted by Gasteiger charge is 2.29. The molecule has 0 spiro atoms. The van der Waals surface area contributed by atoms with Crippen molar-refractivity contribution in [2.24, 2.45) is 0 Å². The van der Waals surface area contributed by atoms with Gasteiger partial charge in [-0.25, -0.2) is 0 Å². The third-order valence-electron chi connectivity index (χ3n) is 8.45. The van der Waals surface area contributed by atoms with Crippen LogP contribution >= 0.6 is 0 Å². The molecule has 1 aromatic heterocycles. The van der Waals surface area contributed by atoms with E-state index in [1.54, 1.807) is 6.07 Å². The van der Waals surface area contributed by atoms with E-state index < -0.39 is 9.52 Å². The second-order valence-corrected chi connectivity index (χ2v) is 13.9. The van der Waals surface area contributed by atoms with E-state index in [-0.39, 0.29) is 11.7 Å². The fraction of sp³-hybridized carbons (Fsp3) is 0.419. The van der Waals surface area contributed by atoms with Crippen molar-refractivity contribution in [3.8, 4) is 11.8 Å². The van der Waals surface area contributed by atoms with Gasteiger partial charge in [-0.2, -0.15) is 9.97 Å². The van der Waals surface area contributed by atoms with E-state index in [4.69, 9.17) is 14.7 Å². The molecule has 1 N–H and O–H groups in total. The average Bonchev–Trinajstić information content (AvgIpc) is 3.00. The number of hydrogen-bond donors (Lipinski definition) is 1. The van der Waals surface area contributed by atoms with Gasteiger partial charge >= 0.3 is 6.01 Å². The van der Waals surface area contributed by atoms with Gasteiger partial charge in [0.05, 0.1) is 12.2 Å². The molecule has 2 fully saturated rings. The van der Waals surface area contributed by atoms with E-state index in [0.29, 0.717) is 63.4 Å². The molecule has 3 aliphatic rings. The standard InChI is InChI=1S/C31H38N6O4S/c1-3-29(39)35-10-12-36(13-11-35)30-26-8-9-37(28-21-24(38)20-23-6-4-5-7-25(23)28)22-27(26)32-31(33-30)41-17-14-34-15-18-42(2,40)19-16-34/h3-7,20-21,38H,1-2,8-19,22H2. The topological polar surface area (TPSA) is 102 Å². The van der Waals surface area contributed by atoms with Crippen LogP contribution in [0.3, 0.4) is 0 Å². The number of ether oxygens (including phenoxy) is 1. The smallest absolute Gasteiger partial charge is 0.318 e. The van der Waals surface area contributed by atoms with Crippen LogP contribution in [0.5, 0.6) is 11.8 Å². The van der Waals surface area contributed by atoms with Gasteiger partial charge in [-0.15, -0.1) is 0 Å². The number of rotatable bonds is 7. The highest BCUT2D eigenvalue weighted by atomic mass is 32.2. The molecule has 0 atom stereocenters. The monoisotopic (exact) mass is 590 g/mol. The van der Waals surface area contributed by atoms with Crippen molar-refractivity contribution in [3.05, 3.63) is 60.3 Å². The number of carbonyl (C=O) groups is 1. The summed E-state index contributed by atoms with van der Waals surface area (Å²) in [6.45, 7) is 10.1. The summed E-state index contributed by atoms with van der Waals surface area (Å²) in [4.78, 5) is 30.5. The zero-order valence-corrected chi connectivity index (χ0v) is 24.7. The van der Waals surface area contributed by atoms with Crippen molar-refractivity contribution < 1.29 is 18.8 Å². The second-order valence-electron chi connectivity index (χ2n) is 11.2. The maximum Gasteiger partial charge on any atom is 0.318 e. The average molecular weight is 591 g/mol. The Bertz CT molecular complexity index is 1590. The lowest BCUT2D eigenvalue weighted by molar-refractivity contribution is -0.126.